The number of aromatic nitrogens is 2. The van der Waals surface area contributed by atoms with E-state index in [1.807, 2.05) is 30.9 Å². The lowest BCUT2D eigenvalue weighted by Gasteiger charge is -2.34. The SMILES string of the molecule is CCOC=Cc1cc(C)nc(N2CCN(C(C)=O)CC2)n1. The number of nitrogens with zero attached hydrogens (tertiary/aromatic N) is 4. The first kappa shape index (κ1) is 15.3. The van der Waals surface area contributed by atoms with Crippen molar-refractivity contribution in [3.63, 3.8) is 0 Å². The minimum Gasteiger partial charge on any atom is -0.501 e. The maximum Gasteiger partial charge on any atom is 0.226 e. The molecule has 0 spiro atoms. The Hall–Kier alpha value is -2.11. The standard InChI is InChI=1S/C15H22N4O2/c1-4-21-10-5-14-11-12(2)16-15(17-14)19-8-6-18(7-9-19)13(3)20/h5,10-11H,4,6-9H2,1-3H3. The van der Waals surface area contributed by atoms with Gasteiger partial charge in [-0.05, 0) is 26.0 Å². The third kappa shape index (κ3) is 4.18. The van der Waals surface area contributed by atoms with Crippen LogP contribution < -0.4 is 4.90 Å². The molecule has 1 fully saturated rings. The van der Waals surface area contributed by atoms with Gasteiger partial charge in [0.25, 0.3) is 0 Å². The van der Waals surface area contributed by atoms with Crippen molar-refractivity contribution < 1.29 is 9.53 Å². The van der Waals surface area contributed by atoms with E-state index in [1.54, 1.807) is 13.2 Å². The second kappa shape index (κ2) is 7.06. The molecule has 1 aromatic heterocycles. The first-order chi connectivity index (χ1) is 10.1. The molecule has 6 nitrogen and oxygen atoms in total. The van der Waals surface area contributed by atoms with E-state index in [9.17, 15) is 4.79 Å². The number of hydrogen-bond acceptors (Lipinski definition) is 5. The van der Waals surface area contributed by atoms with Crippen LogP contribution in [0, 0.1) is 6.92 Å². The predicted molar refractivity (Wildman–Crippen MR) is 81.9 cm³/mol. The van der Waals surface area contributed by atoms with E-state index < -0.39 is 0 Å². The van der Waals surface area contributed by atoms with E-state index in [0.717, 1.165) is 37.6 Å². The van der Waals surface area contributed by atoms with E-state index in [-0.39, 0.29) is 5.91 Å². The van der Waals surface area contributed by atoms with Crippen LogP contribution in [0.1, 0.15) is 25.2 Å². The highest BCUT2D eigenvalue weighted by molar-refractivity contribution is 5.73. The van der Waals surface area contributed by atoms with E-state index in [1.165, 1.54) is 0 Å². The molecule has 1 saturated heterocycles. The summed E-state index contributed by atoms with van der Waals surface area (Å²) in [5.74, 6) is 0.842. The minimum absolute atomic E-state index is 0.125. The van der Waals surface area contributed by atoms with Crippen LogP contribution in [0.25, 0.3) is 6.08 Å². The van der Waals surface area contributed by atoms with Crippen LogP contribution in [0.5, 0.6) is 0 Å². The number of rotatable bonds is 4. The maximum atomic E-state index is 11.4. The van der Waals surface area contributed by atoms with E-state index in [0.29, 0.717) is 12.6 Å². The minimum atomic E-state index is 0.125. The van der Waals surface area contributed by atoms with Crippen LogP contribution in [-0.2, 0) is 9.53 Å². The summed E-state index contributed by atoms with van der Waals surface area (Å²) < 4.78 is 5.20. The first-order valence-electron chi connectivity index (χ1n) is 7.24. The molecule has 2 rings (SSSR count). The average molecular weight is 290 g/mol. The molecule has 0 unspecified atom stereocenters. The summed E-state index contributed by atoms with van der Waals surface area (Å²) in [6.07, 6.45) is 3.49. The summed E-state index contributed by atoms with van der Waals surface area (Å²) >= 11 is 0. The van der Waals surface area contributed by atoms with Gasteiger partial charge in [-0.15, -0.1) is 0 Å². The molecular formula is C15H22N4O2. The van der Waals surface area contributed by atoms with E-state index >= 15 is 0 Å². The number of ether oxygens (including phenoxy) is 1. The Morgan fingerprint density at radius 1 is 1.33 bits per heavy atom. The second-order valence-corrected chi connectivity index (χ2v) is 4.99. The highest BCUT2D eigenvalue weighted by Gasteiger charge is 2.20. The summed E-state index contributed by atoms with van der Waals surface area (Å²) in [4.78, 5) is 24.4. The smallest absolute Gasteiger partial charge is 0.226 e. The second-order valence-electron chi connectivity index (χ2n) is 4.99. The van der Waals surface area contributed by atoms with Crippen molar-refractivity contribution in [2.24, 2.45) is 0 Å². The lowest BCUT2D eigenvalue weighted by molar-refractivity contribution is -0.129. The maximum absolute atomic E-state index is 11.4. The van der Waals surface area contributed by atoms with Crippen LogP contribution in [-0.4, -0.2) is 53.6 Å². The van der Waals surface area contributed by atoms with Gasteiger partial charge < -0.3 is 14.5 Å². The molecule has 0 aliphatic carbocycles. The Morgan fingerprint density at radius 2 is 2.05 bits per heavy atom. The van der Waals surface area contributed by atoms with Crippen molar-refractivity contribution in [3.05, 3.63) is 23.7 Å². The van der Waals surface area contributed by atoms with Gasteiger partial charge in [-0.3, -0.25) is 4.79 Å². The quantitative estimate of drug-likeness (QED) is 0.786. The van der Waals surface area contributed by atoms with Gasteiger partial charge in [0, 0.05) is 38.8 Å². The fourth-order valence-electron chi connectivity index (χ4n) is 2.24. The van der Waals surface area contributed by atoms with Gasteiger partial charge in [-0.2, -0.15) is 0 Å². The van der Waals surface area contributed by atoms with Gasteiger partial charge in [-0.1, -0.05) is 0 Å². The molecule has 2 heterocycles. The molecule has 0 aromatic carbocycles. The summed E-state index contributed by atoms with van der Waals surface area (Å²) in [5, 5.41) is 0. The van der Waals surface area contributed by atoms with Crippen molar-refractivity contribution in [3.8, 4) is 0 Å². The van der Waals surface area contributed by atoms with Crippen LogP contribution in [0.15, 0.2) is 12.3 Å². The number of aryl methyl sites for hydroxylation is 1. The monoisotopic (exact) mass is 290 g/mol. The van der Waals surface area contributed by atoms with E-state index in [4.69, 9.17) is 4.74 Å². The molecule has 0 radical (unpaired) electrons. The van der Waals surface area contributed by atoms with Crippen molar-refractivity contribution in [1.29, 1.82) is 0 Å². The number of amides is 1. The van der Waals surface area contributed by atoms with Crippen LogP contribution in [0.3, 0.4) is 0 Å². The normalized spacial score (nSPS) is 15.6. The molecule has 114 valence electrons. The van der Waals surface area contributed by atoms with Gasteiger partial charge >= 0.3 is 0 Å². The third-order valence-corrected chi connectivity index (χ3v) is 3.37. The molecule has 1 aromatic rings. The van der Waals surface area contributed by atoms with Gasteiger partial charge in [-0.25, -0.2) is 9.97 Å². The zero-order valence-electron chi connectivity index (χ0n) is 12.9. The predicted octanol–water partition coefficient (Wildman–Crippen LogP) is 1.46. The number of carbonyl (C=O) groups excluding carboxylic acids is 1. The highest BCUT2D eigenvalue weighted by Crippen LogP contribution is 2.14. The Morgan fingerprint density at radius 3 is 2.67 bits per heavy atom. The average Bonchev–Trinajstić information content (AvgIpc) is 2.47. The molecule has 1 amide bonds. The lowest BCUT2D eigenvalue weighted by atomic mass is 10.3. The van der Waals surface area contributed by atoms with Crippen molar-refractivity contribution in [2.45, 2.75) is 20.8 Å². The number of hydrogen-bond donors (Lipinski definition) is 0. The molecule has 0 atom stereocenters. The molecule has 21 heavy (non-hydrogen) atoms. The Balaban J connectivity index is 2.08. The molecular weight excluding hydrogens is 268 g/mol. The molecule has 0 saturated carbocycles. The van der Waals surface area contributed by atoms with Crippen molar-refractivity contribution >= 4 is 17.9 Å². The van der Waals surface area contributed by atoms with Crippen molar-refractivity contribution in [2.75, 3.05) is 37.7 Å². The first-order valence-corrected chi connectivity index (χ1v) is 7.24. The van der Waals surface area contributed by atoms with Gasteiger partial charge in [0.2, 0.25) is 11.9 Å². The van der Waals surface area contributed by atoms with E-state index in [2.05, 4.69) is 14.9 Å². The topological polar surface area (TPSA) is 58.6 Å². The van der Waals surface area contributed by atoms with Gasteiger partial charge in [0.1, 0.15) is 0 Å². The van der Waals surface area contributed by atoms with Crippen LogP contribution in [0.2, 0.25) is 0 Å². The Bertz CT molecular complexity index is 522. The fraction of sp³-hybridized carbons (Fsp3) is 0.533. The van der Waals surface area contributed by atoms with Crippen LogP contribution in [0.4, 0.5) is 5.95 Å². The summed E-state index contributed by atoms with van der Waals surface area (Å²) in [5.41, 5.74) is 1.75. The number of anilines is 1. The molecule has 1 aliphatic rings. The highest BCUT2D eigenvalue weighted by atomic mass is 16.5. The third-order valence-electron chi connectivity index (χ3n) is 3.37. The Kier molecular flexibility index (Phi) is 5.14. The fourth-order valence-corrected chi connectivity index (χ4v) is 2.24. The largest absolute Gasteiger partial charge is 0.501 e. The zero-order chi connectivity index (χ0) is 15.2. The van der Waals surface area contributed by atoms with Crippen LogP contribution >= 0.6 is 0 Å². The lowest BCUT2D eigenvalue weighted by Crippen LogP contribution is -2.48. The Labute approximate surface area is 125 Å². The van der Waals surface area contributed by atoms with Gasteiger partial charge in [0.15, 0.2) is 0 Å². The molecule has 0 N–H and O–H groups in total. The van der Waals surface area contributed by atoms with Crippen molar-refractivity contribution in [1.82, 2.24) is 14.9 Å². The molecule has 0 bridgehead atoms. The molecule has 1 aliphatic heterocycles. The summed E-state index contributed by atoms with van der Waals surface area (Å²) in [7, 11) is 0. The number of piperazine rings is 1. The molecule has 6 heteroatoms. The van der Waals surface area contributed by atoms with Gasteiger partial charge in [0.05, 0.1) is 18.6 Å². The summed E-state index contributed by atoms with van der Waals surface area (Å²) in [6.45, 7) is 9.10. The number of carbonyl (C=O) groups is 1. The summed E-state index contributed by atoms with van der Waals surface area (Å²) in [6, 6.07) is 1.92. The zero-order valence-corrected chi connectivity index (χ0v) is 12.9.